The summed E-state index contributed by atoms with van der Waals surface area (Å²) in [7, 11) is 0. The van der Waals surface area contributed by atoms with Crippen molar-refractivity contribution >= 4 is 0 Å². The Kier molecular flexibility index (Phi) is 17.1. The van der Waals surface area contributed by atoms with Crippen LogP contribution in [0.15, 0.2) is 0 Å². The van der Waals surface area contributed by atoms with Gasteiger partial charge < -0.3 is 9.47 Å². The first-order chi connectivity index (χ1) is 7.79. The number of ether oxygens (including phenoxy) is 2. The zero-order chi connectivity index (χ0) is 12.8. The minimum Gasteiger partial charge on any atom is -0.381 e. The van der Waals surface area contributed by atoms with E-state index < -0.39 is 0 Å². The van der Waals surface area contributed by atoms with Gasteiger partial charge >= 0.3 is 0 Å². The highest BCUT2D eigenvalue weighted by Gasteiger charge is 2.08. The van der Waals surface area contributed by atoms with Gasteiger partial charge in [0.1, 0.15) is 0 Å². The van der Waals surface area contributed by atoms with E-state index in [4.69, 9.17) is 9.47 Å². The molecule has 2 aliphatic heterocycles. The molecule has 2 heterocycles. The predicted molar refractivity (Wildman–Crippen MR) is 71.9 cm³/mol. The molecule has 2 fully saturated rings. The Labute approximate surface area is 103 Å². The van der Waals surface area contributed by atoms with Gasteiger partial charge in [-0.15, -0.1) is 0 Å². The topological polar surface area (TPSA) is 18.5 Å². The maximum atomic E-state index is 5.15. The van der Waals surface area contributed by atoms with Crippen molar-refractivity contribution in [2.75, 3.05) is 19.8 Å². The molecular weight excluding hydrogens is 200 g/mol. The fourth-order valence-electron chi connectivity index (χ4n) is 1.39. The molecule has 2 saturated heterocycles. The molecule has 2 heteroatoms. The molecule has 2 rings (SSSR count). The van der Waals surface area contributed by atoms with Gasteiger partial charge in [0.2, 0.25) is 0 Å². The van der Waals surface area contributed by atoms with Gasteiger partial charge in [-0.2, -0.15) is 0 Å². The largest absolute Gasteiger partial charge is 0.381 e. The highest BCUT2D eigenvalue weighted by atomic mass is 16.5. The van der Waals surface area contributed by atoms with Crippen LogP contribution in [0.4, 0.5) is 0 Å². The molecule has 2 aliphatic rings. The molecule has 0 aromatic heterocycles. The van der Waals surface area contributed by atoms with Crippen molar-refractivity contribution in [3.05, 3.63) is 0 Å². The third kappa shape index (κ3) is 12.0. The Hall–Kier alpha value is -0.0800. The quantitative estimate of drug-likeness (QED) is 0.620. The molecule has 2 atom stereocenters. The normalized spacial score (nSPS) is 26.6. The lowest BCUT2D eigenvalue weighted by Crippen LogP contribution is -1.94. The molecule has 16 heavy (non-hydrogen) atoms. The maximum Gasteiger partial charge on any atom is 0.0547 e. The third-order valence-electron chi connectivity index (χ3n) is 2.31. The summed E-state index contributed by atoms with van der Waals surface area (Å²) in [5.74, 6) is 0.824. The fourth-order valence-corrected chi connectivity index (χ4v) is 1.39. The van der Waals surface area contributed by atoms with E-state index in [1.807, 2.05) is 27.7 Å². The van der Waals surface area contributed by atoms with Gasteiger partial charge in [-0.1, -0.05) is 34.6 Å². The molecule has 0 aliphatic carbocycles. The van der Waals surface area contributed by atoms with E-state index in [-0.39, 0.29) is 0 Å². The van der Waals surface area contributed by atoms with Crippen LogP contribution in [0, 0.1) is 5.92 Å². The predicted octanol–water partition coefficient (Wildman–Crippen LogP) is 4.28. The number of hydrogen-bond acceptors (Lipinski definition) is 2. The zero-order valence-electron chi connectivity index (χ0n) is 12.2. The van der Waals surface area contributed by atoms with E-state index >= 15 is 0 Å². The highest BCUT2D eigenvalue weighted by Crippen LogP contribution is 2.09. The van der Waals surface area contributed by atoms with Crippen LogP contribution in [-0.2, 0) is 9.47 Å². The zero-order valence-corrected chi connectivity index (χ0v) is 12.2. The first kappa shape index (κ1) is 18.3. The standard InChI is InChI=1S/2C5H10O.2C2H6/c1-5-2-3-6-4-5;1-5-3-2-4-6-5;2*1-2/h2*5H,2-4H2,1H3;2*1-2H3. The summed E-state index contributed by atoms with van der Waals surface area (Å²) >= 11 is 0. The molecule has 0 N–H and O–H groups in total. The molecule has 0 saturated carbocycles. The van der Waals surface area contributed by atoms with Crippen molar-refractivity contribution in [3.63, 3.8) is 0 Å². The molecule has 100 valence electrons. The van der Waals surface area contributed by atoms with Crippen LogP contribution in [0.1, 0.15) is 60.8 Å². The minimum atomic E-state index is 0.546. The third-order valence-corrected chi connectivity index (χ3v) is 2.31. The molecule has 2 unspecified atom stereocenters. The Bertz CT molecular complexity index is 89.3. The monoisotopic (exact) mass is 232 g/mol. The second-order valence-electron chi connectivity index (χ2n) is 3.79. The molecule has 0 amide bonds. The van der Waals surface area contributed by atoms with Gasteiger partial charge in [0.05, 0.1) is 6.10 Å². The molecule has 2 nitrogen and oxygen atoms in total. The Morgan fingerprint density at radius 3 is 1.62 bits per heavy atom. The van der Waals surface area contributed by atoms with Crippen LogP contribution in [0.2, 0.25) is 0 Å². The molecule has 0 aromatic rings. The smallest absolute Gasteiger partial charge is 0.0547 e. The molecule has 0 spiro atoms. The van der Waals surface area contributed by atoms with Crippen molar-refractivity contribution in [3.8, 4) is 0 Å². The fraction of sp³-hybridized carbons (Fsp3) is 1.00. The average Bonchev–Trinajstić information content (AvgIpc) is 2.98. The molecule has 0 aromatic carbocycles. The van der Waals surface area contributed by atoms with Crippen molar-refractivity contribution in [2.24, 2.45) is 5.92 Å². The Morgan fingerprint density at radius 1 is 0.875 bits per heavy atom. The van der Waals surface area contributed by atoms with E-state index in [2.05, 4.69) is 13.8 Å². The van der Waals surface area contributed by atoms with Crippen molar-refractivity contribution in [1.29, 1.82) is 0 Å². The summed E-state index contributed by atoms with van der Waals surface area (Å²) in [6.45, 7) is 15.3. The molecular formula is C14H32O2. The van der Waals surface area contributed by atoms with Crippen LogP contribution in [0.25, 0.3) is 0 Å². The van der Waals surface area contributed by atoms with E-state index in [0.717, 1.165) is 25.7 Å². The highest BCUT2D eigenvalue weighted by molar-refractivity contribution is 4.56. The van der Waals surface area contributed by atoms with Crippen LogP contribution >= 0.6 is 0 Å². The van der Waals surface area contributed by atoms with Crippen LogP contribution in [-0.4, -0.2) is 25.9 Å². The van der Waals surface area contributed by atoms with Crippen LogP contribution < -0.4 is 0 Å². The van der Waals surface area contributed by atoms with Crippen LogP contribution in [0.3, 0.4) is 0 Å². The van der Waals surface area contributed by atoms with E-state index in [0.29, 0.717) is 6.10 Å². The van der Waals surface area contributed by atoms with Gasteiger partial charge in [-0.05, 0) is 32.1 Å². The van der Waals surface area contributed by atoms with Crippen molar-refractivity contribution in [2.45, 2.75) is 66.9 Å². The van der Waals surface area contributed by atoms with E-state index in [9.17, 15) is 0 Å². The van der Waals surface area contributed by atoms with Gasteiger partial charge in [-0.25, -0.2) is 0 Å². The first-order valence-corrected chi connectivity index (χ1v) is 6.98. The summed E-state index contributed by atoms with van der Waals surface area (Å²) in [5, 5.41) is 0. The second-order valence-corrected chi connectivity index (χ2v) is 3.79. The Balaban J connectivity index is 0. The van der Waals surface area contributed by atoms with E-state index in [1.54, 1.807) is 0 Å². The van der Waals surface area contributed by atoms with Crippen molar-refractivity contribution in [1.82, 2.24) is 0 Å². The second kappa shape index (κ2) is 14.9. The van der Waals surface area contributed by atoms with Crippen LogP contribution in [0.5, 0.6) is 0 Å². The van der Waals surface area contributed by atoms with Gasteiger partial charge in [-0.3, -0.25) is 0 Å². The first-order valence-electron chi connectivity index (χ1n) is 6.98. The van der Waals surface area contributed by atoms with Crippen molar-refractivity contribution < 1.29 is 9.47 Å². The average molecular weight is 232 g/mol. The maximum absolute atomic E-state index is 5.15. The summed E-state index contributed by atoms with van der Waals surface area (Å²) in [5.41, 5.74) is 0. The number of rotatable bonds is 0. The summed E-state index contributed by atoms with van der Waals surface area (Å²) in [6.07, 6.45) is 4.34. The SMILES string of the molecule is CC.CC.CC1CCCO1.CC1CCOC1. The van der Waals surface area contributed by atoms with Gasteiger partial charge in [0.15, 0.2) is 0 Å². The minimum absolute atomic E-state index is 0.546. The molecule has 0 radical (unpaired) electrons. The lowest BCUT2D eigenvalue weighted by molar-refractivity contribution is 0.125. The van der Waals surface area contributed by atoms with E-state index in [1.165, 1.54) is 19.3 Å². The Morgan fingerprint density at radius 2 is 1.50 bits per heavy atom. The summed E-state index contributed by atoms with van der Waals surface area (Å²) in [4.78, 5) is 0. The summed E-state index contributed by atoms with van der Waals surface area (Å²) in [6, 6.07) is 0. The lowest BCUT2D eigenvalue weighted by atomic mass is 10.2. The lowest BCUT2D eigenvalue weighted by Gasteiger charge is -1.94. The number of hydrogen-bond donors (Lipinski definition) is 0. The summed E-state index contributed by atoms with van der Waals surface area (Å²) < 4.78 is 10.2. The molecule has 0 bridgehead atoms. The van der Waals surface area contributed by atoms with Gasteiger partial charge in [0, 0.05) is 19.8 Å². The van der Waals surface area contributed by atoms with Gasteiger partial charge in [0.25, 0.3) is 0 Å².